The van der Waals surface area contributed by atoms with Crippen molar-refractivity contribution in [3.05, 3.63) is 35.9 Å². The molecule has 0 saturated carbocycles. The molecule has 124 valence electrons. The van der Waals surface area contributed by atoms with Crippen LogP contribution in [0.25, 0.3) is 0 Å². The molecule has 0 bridgehead atoms. The van der Waals surface area contributed by atoms with Crippen molar-refractivity contribution in [2.75, 3.05) is 19.7 Å². The number of rotatable bonds is 3. The van der Waals surface area contributed by atoms with Gasteiger partial charge in [0.25, 0.3) is 5.91 Å². The second kappa shape index (κ2) is 6.52. The molecule has 1 unspecified atom stereocenters. The van der Waals surface area contributed by atoms with Crippen molar-refractivity contribution in [2.45, 2.75) is 31.4 Å². The van der Waals surface area contributed by atoms with Crippen molar-refractivity contribution in [3.63, 3.8) is 0 Å². The molecule has 2 heterocycles. The number of carbonyl (C=O) groups is 2. The van der Waals surface area contributed by atoms with E-state index >= 15 is 0 Å². The van der Waals surface area contributed by atoms with Gasteiger partial charge in [-0.2, -0.15) is 8.78 Å². The number of hydrogen-bond acceptors (Lipinski definition) is 3. The van der Waals surface area contributed by atoms with Gasteiger partial charge in [0.05, 0.1) is 6.04 Å². The summed E-state index contributed by atoms with van der Waals surface area (Å²) >= 11 is 0. The smallest absolute Gasteiger partial charge is 0.410 e. The number of benzene rings is 1. The van der Waals surface area contributed by atoms with Crippen LogP contribution >= 0.6 is 0 Å². The van der Waals surface area contributed by atoms with Crippen molar-refractivity contribution >= 4 is 12.0 Å². The Balaban J connectivity index is 1.69. The number of alkyl halides is 2. The van der Waals surface area contributed by atoms with Crippen molar-refractivity contribution in [1.82, 2.24) is 9.80 Å². The summed E-state index contributed by atoms with van der Waals surface area (Å²) in [6.45, 7) is 0.761. The van der Waals surface area contributed by atoms with Gasteiger partial charge in [-0.1, -0.05) is 30.3 Å². The number of likely N-dealkylation sites (tertiary alicyclic amines) is 1. The van der Waals surface area contributed by atoms with E-state index in [1.807, 2.05) is 30.3 Å². The standard InChI is InChI=1S/C16H18F2N2O3/c17-14(18)15(21)19-8-6-12(7-9-19)20-13(10-23-16(20)22)11-4-2-1-3-5-11/h1-5,12-14H,6-10H2. The largest absolute Gasteiger partial charge is 0.447 e. The number of amides is 2. The summed E-state index contributed by atoms with van der Waals surface area (Å²) in [5, 5.41) is 0. The molecule has 0 aromatic heterocycles. The van der Waals surface area contributed by atoms with Gasteiger partial charge in [-0.15, -0.1) is 0 Å². The average Bonchev–Trinajstić information content (AvgIpc) is 2.96. The van der Waals surface area contributed by atoms with E-state index in [0.717, 1.165) is 5.56 Å². The van der Waals surface area contributed by atoms with Crippen LogP contribution in [0.2, 0.25) is 0 Å². The summed E-state index contributed by atoms with van der Waals surface area (Å²) in [5.41, 5.74) is 0.990. The molecule has 2 saturated heterocycles. The lowest BCUT2D eigenvalue weighted by molar-refractivity contribution is -0.144. The normalized spacial score (nSPS) is 22.6. The topological polar surface area (TPSA) is 49.9 Å². The highest BCUT2D eigenvalue weighted by atomic mass is 19.3. The molecule has 1 atom stereocenters. The third-order valence-corrected chi connectivity index (χ3v) is 4.45. The summed E-state index contributed by atoms with van der Waals surface area (Å²) in [6, 6.07) is 9.33. The Morgan fingerprint density at radius 3 is 2.43 bits per heavy atom. The number of carbonyl (C=O) groups excluding carboxylic acids is 2. The van der Waals surface area contributed by atoms with Gasteiger partial charge in [0.15, 0.2) is 0 Å². The molecule has 2 amide bonds. The first-order valence-corrected chi connectivity index (χ1v) is 7.65. The summed E-state index contributed by atoms with van der Waals surface area (Å²) in [5.74, 6) is -1.13. The van der Waals surface area contributed by atoms with Crippen LogP contribution in [0.4, 0.5) is 13.6 Å². The molecule has 0 aliphatic carbocycles. The van der Waals surface area contributed by atoms with E-state index in [0.29, 0.717) is 19.4 Å². The SMILES string of the molecule is O=C(C(F)F)N1CCC(N2C(=O)OCC2c2ccccc2)CC1. The number of cyclic esters (lactones) is 1. The molecular weight excluding hydrogens is 306 g/mol. The Kier molecular flexibility index (Phi) is 4.45. The lowest BCUT2D eigenvalue weighted by atomic mass is 9.99. The fourth-order valence-electron chi connectivity index (χ4n) is 3.27. The van der Waals surface area contributed by atoms with Gasteiger partial charge in [-0.3, -0.25) is 9.69 Å². The van der Waals surface area contributed by atoms with E-state index in [4.69, 9.17) is 4.74 Å². The van der Waals surface area contributed by atoms with Crippen LogP contribution in [0.5, 0.6) is 0 Å². The molecule has 0 spiro atoms. The predicted octanol–water partition coefficient (Wildman–Crippen LogP) is 2.44. The minimum absolute atomic E-state index is 0.100. The number of ether oxygens (including phenoxy) is 1. The van der Waals surface area contributed by atoms with Gasteiger partial charge in [0.2, 0.25) is 0 Å². The first kappa shape index (κ1) is 15.7. The van der Waals surface area contributed by atoms with Crippen LogP contribution in [-0.2, 0) is 9.53 Å². The lowest BCUT2D eigenvalue weighted by Crippen LogP contribution is -2.49. The zero-order valence-corrected chi connectivity index (χ0v) is 12.5. The summed E-state index contributed by atoms with van der Waals surface area (Å²) in [7, 11) is 0. The van der Waals surface area contributed by atoms with Crippen molar-refractivity contribution in [1.29, 1.82) is 0 Å². The first-order chi connectivity index (χ1) is 11.1. The summed E-state index contributed by atoms with van der Waals surface area (Å²) in [4.78, 5) is 26.3. The van der Waals surface area contributed by atoms with Crippen molar-refractivity contribution in [3.8, 4) is 0 Å². The Morgan fingerprint density at radius 1 is 1.17 bits per heavy atom. The van der Waals surface area contributed by atoms with Crippen LogP contribution in [0.15, 0.2) is 30.3 Å². The maximum Gasteiger partial charge on any atom is 0.410 e. The second-order valence-corrected chi connectivity index (χ2v) is 5.77. The van der Waals surface area contributed by atoms with Crippen LogP contribution in [0.3, 0.4) is 0 Å². The van der Waals surface area contributed by atoms with Gasteiger partial charge in [-0.25, -0.2) is 4.79 Å². The average molecular weight is 324 g/mol. The molecular formula is C16H18F2N2O3. The Bertz CT molecular complexity index is 574. The molecule has 23 heavy (non-hydrogen) atoms. The highest BCUT2D eigenvalue weighted by Gasteiger charge is 2.41. The zero-order chi connectivity index (χ0) is 16.4. The summed E-state index contributed by atoms with van der Waals surface area (Å²) in [6.07, 6.45) is -2.38. The van der Waals surface area contributed by atoms with Crippen molar-refractivity contribution in [2.24, 2.45) is 0 Å². The lowest BCUT2D eigenvalue weighted by Gasteiger charge is -2.37. The van der Waals surface area contributed by atoms with Gasteiger partial charge < -0.3 is 9.64 Å². The molecule has 1 aromatic carbocycles. The Morgan fingerprint density at radius 2 is 1.83 bits per heavy atom. The van der Waals surface area contributed by atoms with Gasteiger partial charge >= 0.3 is 12.5 Å². The van der Waals surface area contributed by atoms with E-state index in [1.165, 1.54) is 4.90 Å². The molecule has 5 nitrogen and oxygen atoms in total. The highest BCUT2D eigenvalue weighted by Crippen LogP contribution is 2.33. The Hall–Kier alpha value is -2.18. The molecule has 0 radical (unpaired) electrons. The second-order valence-electron chi connectivity index (χ2n) is 5.77. The molecule has 2 fully saturated rings. The molecule has 2 aliphatic heterocycles. The van der Waals surface area contributed by atoms with Crippen LogP contribution in [-0.4, -0.2) is 54.0 Å². The quantitative estimate of drug-likeness (QED) is 0.858. The van der Waals surface area contributed by atoms with Crippen molar-refractivity contribution < 1.29 is 23.1 Å². The van der Waals surface area contributed by atoms with E-state index in [2.05, 4.69) is 0 Å². The molecule has 3 rings (SSSR count). The molecule has 2 aliphatic rings. The van der Waals surface area contributed by atoms with E-state index in [1.54, 1.807) is 4.90 Å². The maximum atomic E-state index is 12.5. The van der Waals surface area contributed by atoms with Gasteiger partial charge in [0, 0.05) is 19.1 Å². The van der Waals surface area contributed by atoms with Crippen LogP contribution in [0.1, 0.15) is 24.4 Å². The number of piperidine rings is 1. The Labute approximate surface area is 132 Å². The monoisotopic (exact) mass is 324 g/mol. The number of nitrogens with zero attached hydrogens (tertiary/aromatic N) is 2. The maximum absolute atomic E-state index is 12.5. The molecule has 7 heteroatoms. The number of halogens is 2. The fourth-order valence-corrected chi connectivity index (χ4v) is 3.27. The first-order valence-electron chi connectivity index (χ1n) is 7.65. The highest BCUT2D eigenvalue weighted by molar-refractivity contribution is 5.79. The fraction of sp³-hybridized carbons (Fsp3) is 0.500. The minimum Gasteiger partial charge on any atom is -0.447 e. The summed E-state index contributed by atoms with van der Waals surface area (Å²) < 4.78 is 30.1. The third kappa shape index (κ3) is 3.13. The van der Waals surface area contributed by atoms with Gasteiger partial charge in [0.1, 0.15) is 6.61 Å². The van der Waals surface area contributed by atoms with Crippen LogP contribution in [0, 0.1) is 0 Å². The molecule has 1 aromatic rings. The van der Waals surface area contributed by atoms with E-state index < -0.39 is 12.3 Å². The third-order valence-electron chi connectivity index (χ3n) is 4.45. The zero-order valence-electron chi connectivity index (χ0n) is 12.5. The predicted molar refractivity (Wildman–Crippen MR) is 78.0 cm³/mol. The van der Waals surface area contributed by atoms with E-state index in [9.17, 15) is 18.4 Å². The van der Waals surface area contributed by atoms with Crippen LogP contribution < -0.4 is 0 Å². The van der Waals surface area contributed by atoms with Gasteiger partial charge in [-0.05, 0) is 18.4 Å². The molecule has 0 N–H and O–H groups in total. The minimum atomic E-state index is -2.97. The number of hydrogen-bond donors (Lipinski definition) is 0. The van der Waals surface area contributed by atoms with E-state index in [-0.39, 0.29) is 31.3 Å².